The van der Waals surface area contributed by atoms with E-state index >= 15 is 0 Å². The average Bonchev–Trinajstić information content (AvgIpc) is 2.38. The van der Waals surface area contributed by atoms with E-state index < -0.39 is 0 Å². The molecular formula is C17H29NO. The lowest BCUT2D eigenvalue weighted by molar-refractivity contribution is -0.129. The van der Waals surface area contributed by atoms with Crippen molar-refractivity contribution in [2.75, 3.05) is 19.8 Å². The van der Waals surface area contributed by atoms with E-state index in [4.69, 9.17) is 4.74 Å². The molecule has 1 aliphatic heterocycles. The second kappa shape index (κ2) is 4.46. The summed E-state index contributed by atoms with van der Waals surface area (Å²) < 4.78 is 5.62. The van der Waals surface area contributed by atoms with E-state index in [-0.39, 0.29) is 0 Å². The highest BCUT2D eigenvalue weighted by atomic mass is 16.5. The van der Waals surface area contributed by atoms with Crippen molar-refractivity contribution < 1.29 is 4.74 Å². The van der Waals surface area contributed by atoms with Crippen LogP contribution < -0.4 is 5.32 Å². The van der Waals surface area contributed by atoms with Crippen molar-refractivity contribution in [3.8, 4) is 0 Å². The van der Waals surface area contributed by atoms with Crippen LogP contribution in [0.15, 0.2) is 0 Å². The third-order valence-electron chi connectivity index (χ3n) is 6.75. The fourth-order valence-electron chi connectivity index (χ4n) is 6.70. The monoisotopic (exact) mass is 263 g/mol. The van der Waals surface area contributed by atoms with Crippen molar-refractivity contribution in [3.05, 3.63) is 0 Å². The molecule has 1 N–H and O–H groups in total. The van der Waals surface area contributed by atoms with Crippen molar-refractivity contribution >= 4 is 0 Å². The van der Waals surface area contributed by atoms with Gasteiger partial charge in [0.15, 0.2) is 0 Å². The van der Waals surface area contributed by atoms with Gasteiger partial charge >= 0.3 is 0 Å². The Morgan fingerprint density at radius 1 is 1.05 bits per heavy atom. The summed E-state index contributed by atoms with van der Waals surface area (Å²) in [6.45, 7) is 5.49. The molecule has 2 unspecified atom stereocenters. The Morgan fingerprint density at radius 2 is 1.74 bits per heavy atom. The van der Waals surface area contributed by atoms with Crippen molar-refractivity contribution in [1.82, 2.24) is 5.32 Å². The van der Waals surface area contributed by atoms with E-state index in [0.29, 0.717) is 11.0 Å². The number of ether oxygens (including phenoxy) is 1. The van der Waals surface area contributed by atoms with Gasteiger partial charge in [-0.2, -0.15) is 0 Å². The van der Waals surface area contributed by atoms with Gasteiger partial charge in [0, 0.05) is 18.8 Å². The van der Waals surface area contributed by atoms with Gasteiger partial charge in [-0.15, -0.1) is 0 Å². The maximum absolute atomic E-state index is 5.62. The standard InChI is InChI=1S/C17H29NO/c1-2-18-17-10-13-7-14(11-17)9-16(8-13,12-17)15-3-5-19-6-4-15/h13-15,18H,2-12H2,1H3. The third-order valence-corrected chi connectivity index (χ3v) is 6.75. The zero-order chi connectivity index (χ0) is 12.9. The fourth-order valence-corrected chi connectivity index (χ4v) is 6.70. The Bertz CT molecular complexity index is 333. The van der Waals surface area contributed by atoms with Crippen LogP contribution in [0.2, 0.25) is 0 Å². The van der Waals surface area contributed by atoms with Crippen molar-refractivity contribution in [2.24, 2.45) is 23.2 Å². The molecule has 108 valence electrons. The van der Waals surface area contributed by atoms with Gasteiger partial charge in [-0.1, -0.05) is 6.92 Å². The summed E-state index contributed by atoms with van der Waals surface area (Å²) in [6.07, 6.45) is 11.7. The van der Waals surface area contributed by atoms with E-state index in [1.807, 2.05) is 0 Å². The van der Waals surface area contributed by atoms with Crippen molar-refractivity contribution in [3.63, 3.8) is 0 Å². The molecule has 2 heteroatoms. The van der Waals surface area contributed by atoms with Crippen LogP contribution in [0.1, 0.15) is 58.3 Å². The molecule has 0 aromatic rings. The number of rotatable bonds is 3. The zero-order valence-corrected chi connectivity index (χ0v) is 12.4. The van der Waals surface area contributed by atoms with Crippen LogP contribution in [0, 0.1) is 23.2 Å². The van der Waals surface area contributed by atoms with Crippen molar-refractivity contribution in [1.29, 1.82) is 0 Å². The first kappa shape index (κ1) is 12.6. The number of hydrogen-bond donors (Lipinski definition) is 1. The Kier molecular flexibility index (Phi) is 2.97. The van der Waals surface area contributed by atoms with Crippen LogP contribution >= 0.6 is 0 Å². The Labute approximate surface area is 117 Å². The largest absolute Gasteiger partial charge is 0.381 e. The normalized spacial score (nSPS) is 49.7. The average molecular weight is 263 g/mol. The molecular weight excluding hydrogens is 234 g/mol. The predicted octanol–water partition coefficient (Wildman–Crippen LogP) is 3.36. The highest BCUT2D eigenvalue weighted by Crippen LogP contribution is 2.65. The topological polar surface area (TPSA) is 21.3 Å². The van der Waals surface area contributed by atoms with Gasteiger partial charge < -0.3 is 10.1 Å². The maximum atomic E-state index is 5.62. The first-order valence-corrected chi connectivity index (χ1v) is 8.56. The predicted molar refractivity (Wildman–Crippen MR) is 77.1 cm³/mol. The van der Waals surface area contributed by atoms with Gasteiger partial charge in [-0.25, -0.2) is 0 Å². The van der Waals surface area contributed by atoms with E-state index in [0.717, 1.165) is 37.5 Å². The molecule has 0 amide bonds. The van der Waals surface area contributed by atoms with E-state index in [1.165, 1.54) is 38.5 Å². The first-order chi connectivity index (χ1) is 9.24. The fraction of sp³-hybridized carbons (Fsp3) is 1.00. The van der Waals surface area contributed by atoms with Crippen LogP contribution in [0.25, 0.3) is 0 Å². The van der Waals surface area contributed by atoms with Gasteiger partial charge in [0.25, 0.3) is 0 Å². The smallest absolute Gasteiger partial charge is 0.0468 e. The molecule has 5 rings (SSSR count). The molecule has 5 aliphatic rings. The first-order valence-electron chi connectivity index (χ1n) is 8.56. The van der Waals surface area contributed by atoms with Crippen LogP contribution in [-0.4, -0.2) is 25.3 Å². The van der Waals surface area contributed by atoms with Crippen molar-refractivity contribution in [2.45, 2.75) is 63.8 Å². The summed E-state index contributed by atoms with van der Waals surface area (Å²) in [5, 5.41) is 3.92. The molecule has 0 aromatic heterocycles. The molecule has 4 aliphatic carbocycles. The molecule has 1 saturated heterocycles. The second-order valence-corrected chi connectivity index (χ2v) is 8.02. The van der Waals surface area contributed by atoms with Gasteiger partial charge in [0.1, 0.15) is 0 Å². The SMILES string of the molecule is CCNC12CC3CC(C1)CC(C1CCOCC1)(C3)C2. The summed E-state index contributed by atoms with van der Waals surface area (Å²) in [7, 11) is 0. The molecule has 0 spiro atoms. The minimum absolute atomic E-state index is 0.525. The molecule has 4 saturated carbocycles. The van der Waals surface area contributed by atoms with Crippen LogP contribution in [-0.2, 0) is 4.74 Å². The minimum atomic E-state index is 0.525. The summed E-state index contributed by atoms with van der Waals surface area (Å²) in [6, 6.07) is 0. The van der Waals surface area contributed by atoms with Gasteiger partial charge in [-0.3, -0.25) is 0 Å². The Balaban J connectivity index is 1.62. The molecule has 2 nitrogen and oxygen atoms in total. The molecule has 0 radical (unpaired) electrons. The zero-order valence-electron chi connectivity index (χ0n) is 12.4. The lowest BCUT2D eigenvalue weighted by atomic mass is 9.43. The Hall–Kier alpha value is -0.0800. The number of hydrogen-bond acceptors (Lipinski definition) is 2. The molecule has 5 fully saturated rings. The minimum Gasteiger partial charge on any atom is -0.381 e. The lowest BCUT2D eigenvalue weighted by Gasteiger charge is -2.65. The van der Waals surface area contributed by atoms with E-state index in [2.05, 4.69) is 12.2 Å². The highest BCUT2D eigenvalue weighted by molar-refractivity contribution is 5.13. The lowest BCUT2D eigenvalue weighted by Crippen LogP contribution is -2.63. The molecule has 0 aromatic carbocycles. The molecule has 1 heterocycles. The molecule has 19 heavy (non-hydrogen) atoms. The van der Waals surface area contributed by atoms with Gasteiger partial charge in [0.05, 0.1) is 0 Å². The second-order valence-electron chi connectivity index (χ2n) is 8.02. The van der Waals surface area contributed by atoms with Crippen LogP contribution in [0.5, 0.6) is 0 Å². The van der Waals surface area contributed by atoms with E-state index in [1.54, 1.807) is 12.8 Å². The molecule has 4 bridgehead atoms. The third kappa shape index (κ3) is 1.98. The van der Waals surface area contributed by atoms with Gasteiger partial charge in [-0.05, 0) is 81.1 Å². The van der Waals surface area contributed by atoms with Crippen LogP contribution in [0.4, 0.5) is 0 Å². The summed E-state index contributed by atoms with van der Waals surface area (Å²) in [5.74, 6) is 3.02. The van der Waals surface area contributed by atoms with E-state index in [9.17, 15) is 0 Å². The van der Waals surface area contributed by atoms with Gasteiger partial charge in [0.2, 0.25) is 0 Å². The highest BCUT2D eigenvalue weighted by Gasteiger charge is 2.59. The summed E-state index contributed by atoms with van der Waals surface area (Å²) in [4.78, 5) is 0. The van der Waals surface area contributed by atoms with Crippen LogP contribution in [0.3, 0.4) is 0 Å². The number of nitrogens with one attached hydrogen (secondary N) is 1. The summed E-state index contributed by atoms with van der Waals surface area (Å²) >= 11 is 0. The summed E-state index contributed by atoms with van der Waals surface area (Å²) in [5.41, 5.74) is 1.22. The Morgan fingerprint density at radius 3 is 2.37 bits per heavy atom. The molecule has 2 atom stereocenters. The quantitative estimate of drug-likeness (QED) is 0.843. The maximum Gasteiger partial charge on any atom is 0.0468 e.